The van der Waals surface area contributed by atoms with Crippen molar-refractivity contribution in [2.45, 2.75) is 66.8 Å². The molecule has 0 aliphatic rings. The Balaban J connectivity index is 2.88. The first-order chi connectivity index (χ1) is 9.31. The summed E-state index contributed by atoms with van der Waals surface area (Å²) in [6.45, 7) is 14.9. The predicted octanol–water partition coefficient (Wildman–Crippen LogP) is 5.36. The number of hydrogen-bond donors (Lipinski definition) is 1. The van der Waals surface area contributed by atoms with Gasteiger partial charge in [0.25, 0.3) is 0 Å². The maximum Gasteiger partial charge on any atom is 0.0325 e. The molecule has 1 heteroatoms. The van der Waals surface area contributed by atoms with Crippen LogP contribution < -0.4 is 5.32 Å². The molecule has 0 heterocycles. The second-order valence-corrected chi connectivity index (χ2v) is 7.61. The van der Waals surface area contributed by atoms with Gasteiger partial charge in [0.05, 0.1) is 0 Å². The van der Waals surface area contributed by atoms with Crippen LogP contribution in [0.5, 0.6) is 0 Å². The van der Waals surface area contributed by atoms with Crippen LogP contribution in [0.2, 0.25) is 0 Å². The van der Waals surface area contributed by atoms with E-state index in [0.29, 0.717) is 11.5 Å². The molecule has 114 valence electrons. The zero-order chi connectivity index (χ0) is 15.2. The first-order valence-electron chi connectivity index (χ1n) is 8.14. The van der Waals surface area contributed by atoms with Crippen LogP contribution in [0.4, 0.5) is 0 Å². The van der Waals surface area contributed by atoms with E-state index in [1.54, 1.807) is 0 Å². The zero-order valence-corrected chi connectivity index (χ0v) is 14.3. The van der Waals surface area contributed by atoms with Gasteiger partial charge in [0.2, 0.25) is 0 Å². The summed E-state index contributed by atoms with van der Waals surface area (Å²) in [6.07, 6.45) is 3.54. The van der Waals surface area contributed by atoms with Crippen LogP contribution in [0.3, 0.4) is 0 Å². The number of rotatable bonds is 7. The van der Waals surface area contributed by atoms with Gasteiger partial charge in [0, 0.05) is 6.04 Å². The van der Waals surface area contributed by atoms with Crippen molar-refractivity contribution in [1.29, 1.82) is 0 Å². The first-order valence-corrected chi connectivity index (χ1v) is 8.14. The largest absolute Gasteiger partial charge is 0.310 e. The van der Waals surface area contributed by atoms with Crippen LogP contribution in [0, 0.1) is 11.3 Å². The second kappa shape index (κ2) is 7.83. The summed E-state index contributed by atoms with van der Waals surface area (Å²) in [5, 5.41) is 3.72. The number of benzene rings is 1. The lowest BCUT2D eigenvalue weighted by Crippen LogP contribution is -2.26. The third kappa shape index (κ3) is 6.56. The quantitative estimate of drug-likeness (QED) is 0.706. The Labute approximate surface area is 126 Å². The molecule has 1 N–H and O–H groups in total. The molecule has 1 atom stereocenters. The van der Waals surface area contributed by atoms with Crippen molar-refractivity contribution in [3.05, 3.63) is 35.4 Å². The minimum absolute atomic E-state index is 0.347. The van der Waals surface area contributed by atoms with Crippen LogP contribution >= 0.6 is 0 Å². The summed E-state index contributed by atoms with van der Waals surface area (Å²) in [7, 11) is 0. The van der Waals surface area contributed by atoms with Crippen molar-refractivity contribution < 1.29 is 0 Å². The second-order valence-electron chi connectivity index (χ2n) is 7.61. The van der Waals surface area contributed by atoms with E-state index in [-0.39, 0.29) is 0 Å². The van der Waals surface area contributed by atoms with Crippen LogP contribution in [-0.2, 0) is 6.42 Å². The molecule has 0 aromatic heterocycles. The van der Waals surface area contributed by atoms with Crippen LogP contribution in [0.15, 0.2) is 24.3 Å². The Morgan fingerprint density at radius 3 is 2.40 bits per heavy atom. The lowest BCUT2D eigenvalue weighted by molar-refractivity contribution is 0.311. The molecule has 0 spiro atoms. The minimum Gasteiger partial charge on any atom is -0.310 e. The Hall–Kier alpha value is -0.820. The first kappa shape index (κ1) is 17.2. The number of hydrogen-bond acceptors (Lipinski definition) is 1. The fraction of sp³-hybridized carbons (Fsp3) is 0.684. The topological polar surface area (TPSA) is 12.0 Å². The van der Waals surface area contributed by atoms with E-state index < -0.39 is 0 Å². The van der Waals surface area contributed by atoms with Crippen molar-refractivity contribution in [2.75, 3.05) is 6.54 Å². The van der Waals surface area contributed by atoms with E-state index in [1.807, 2.05) is 0 Å². The van der Waals surface area contributed by atoms with Crippen molar-refractivity contribution in [3.63, 3.8) is 0 Å². The normalized spacial score (nSPS) is 13.8. The molecule has 0 radical (unpaired) electrons. The summed E-state index contributed by atoms with van der Waals surface area (Å²) >= 11 is 0. The van der Waals surface area contributed by atoms with Gasteiger partial charge in [-0.05, 0) is 48.3 Å². The monoisotopic (exact) mass is 275 g/mol. The average Bonchev–Trinajstić information content (AvgIpc) is 2.32. The average molecular weight is 275 g/mol. The zero-order valence-electron chi connectivity index (χ0n) is 14.3. The lowest BCUT2D eigenvalue weighted by Gasteiger charge is -2.27. The molecular weight excluding hydrogens is 242 g/mol. The summed E-state index contributed by atoms with van der Waals surface area (Å²) < 4.78 is 0. The van der Waals surface area contributed by atoms with E-state index in [9.17, 15) is 0 Å². The molecule has 0 aliphatic carbocycles. The highest BCUT2D eigenvalue weighted by Crippen LogP contribution is 2.30. The van der Waals surface area contributed by atoms with Crippen LogP contribution in [0.25, 0.3) is 0 Å². The van der Waals surface area contributed by atoms with Gasteiger partial charge in [0.15, 0.2) is 0 Å². The van der Waals surface area contributed by atoms with Gasteiger partial charge in [-0.2, -0.15) is 0 Å². The highest BCUT2D eigenvalue weighted by molar-refractivity contribution is 5.26. The fourth-order valence-electron chi connectivity index (χ4n) is 2.65. The Kier molecular flexibility index (Phi) is 6.75. The molecule has 1 unspecified atom stereocenters. The molecule has 0 fully saturated rings. The molecule has 1 aromatic rings. The van der Waals surface area contributed by atoms with Gasteiger partial charge in [-0.1, -0.05) is 65.8 Å². The SMILES string of the molecule is CCCNC(CC(C)(C)C)c1cccc(CC(C)C)c1. The molecule has 0 saturated heterocycles. The maximum absolute atomic E-state index is 3.72. The third-order valence-corrected chi connectivity index (χ3v) is 3.45. The van der Waals surface area contributed by atoms with Gasteiger partial charge in [-0.25, -0.2) is 0 Å². The smallest absolute Gasteiger partial charge is 0.0325 e. The molecule has 1 rings (SSSR count). The highest BCUT2D eigenvalue weighted by Gasteiger charge is 2.19. The van der Waals surface area contributed by atoms with E-state index in [1.165, 1.54) is 30.4 Å². The van der Waals surface area contributed by atoms with E-state index in [2.05, 4.69) is 71.1 Å². The molecule has 20 heavy (non-hydrogen) atoms. The van der Waals surface area contributed by atoms with E-state index >= 15 is 0 Å². The van der Waals surface area contributed by atoms with Crippen LogP contribution in [0.1, 0.15) is 71.6 Å². The van der Waals surface area contributed by atoms with Crippen LogP contribution in [-0.4, -0.2) is 6.54 Å². The number of nitrogens with one attached hydrogen (secondary N) is 1. The standard InChI is InChI=1S/C19H33N/c1-7-11-20-18(14-19(4,5)6)17-10-8-9-16(13-17)12-15(2)3/h8-10,13,15,18,20H,7,11-12,14H2,1-6H3. The van der Waals surface area contributed by atoms with E-state index in [4.69, 9.17) is 0 Å². The predicted molar refractivity (Wildman–Crippen MR) is 90.1 cm³/mol. The summed E-state index contributed by atoms with van der Waals surface area (Å²) in [5.74, 6) is 0.718. The molecule has 1 nitrogen and oxygen atoms in total. The van der Waals surface area contributed by atoms with E-state index in [0.717, 1.165) is 12.5 Å². The van der Waals surface area contributed by atoms with Gasteiger partial charge >= 0.3 is 0 Å². The third-order valence-electron chi connectivity index (χ3n) is 3.45. The van der Waals surface area contributed by atoms with Gasteiger partial charge in [-0.3, -0.25) is 0 Å². The molecule has 0 aliphatic heterocycles. The van der Waals surface area contributed by atoms with Crippen molar-refractivity contribution in [3.8, 4) is 0 Å². The molecule has 0 bridgehead atoms. The Morgan fingerprint density at radius 1 is 1.15 bits per heavy atom. The van der Waals surface area contributed by atoms with Crippen molar-refractivity contribution in [2.24, 2.45) is 11.3 Å². The Bertz CT molecular complexity index is 387. The fourth-order valence-corrected chi connectivity index (χ4v) is 2.65. The Morgan fingerprint density at radius 2 is 1.85 bits per heavy atom. The highest BCUT2D eigenvalue weighted by atomic mass is 14.9. The van der Waals surface area contributed by atoms with Gasteiger partial charge in [0.1, 0.15) is 0 Å². The summed E-state index contributed by atoms with van der Waals surface area (Å²) in [5.41, 5.74) is 3.26. The maximum atomic E-state index is 3.72. The van der Waals surface area contributed by atoms with Gasteiger partial charge < -0.3 is 5.32 Å². The molecule has 0 amide bonds. The summed E-state index contributed by atoms with van der Waals surface area (Å²) in [4.78, 5) is 0. The minimum atomic E-state index is 0.347. The van der Waals surface area contributed by atoms with Crippen molar-refractivity contribution in [1.82, 2.24) is 5.32 Å². The molecular formula is C19H33N. The molecule has 0 saturated carbocycles. The summed E-state index contributed by atoms with van der Waals surface area (Å²) in [6, 6.07) is 9.64. The van der Waals surface area contributed by atoms with Gasteiger partial charge in [-0.15, -0.1) is 0 Å². The molecule has 1 aromatic carbocycles. The lowest BCUT2D eigenvalue weighted by atomic mass is 9.84. The van der Waals surface area contributed by atoms with Crippen molar-refractivity contribution >= 4 is 0 Å².